The van der Waals surface area contributed by atoms with Crippen LogP contribution in [0.4, 0.5) is 4.79 Å². The summed E-state index contributed by atoms with van der Waals surface area (Å²) in [6.45, 7) is 4.03. The van der Waals surface area contributed by atoms with Crippen molar-refractivity contribution in [2.75, 3.05) is 6.54 Å². The average molecular weight is 732 g/mol. The van der Waals surface area contributed by atoms with Crippen LogP contribution in [0.15, 0.2) is 30.3 Å². The largest absolute Gasteiger partial charge is 0.459 e. The maximum atomic E-state index is 14.8. The number of nitrogens with one attached hydrogen (secondary N) is 3. The molecule has 0 bridgehead atoms. The number of hydrogen-bond donors (Lipinski definition) is 4. The van der Waals surface area contributed by atoms with E-state index in [-0.39, 0.29) is 43.2 Å². The first-order valence-electron chi connectivity index (χ1n) is 19.6. The third-order valence-electron chi connectivity index (χ3n) is 12.0. The van der Waals surface area contributed by atoms with E-state index in [4.69, 9.17) is 16.9 Å². The van der Waals surface area contributed by atoms with Crippen molar-refractivity contribution in [1.82, 2.24) is 20.9 Å². The number of ether oxygens (including phenoxy) is 1. The predicted octanol–water partition coefficient (Wildman–Crippen LogP) is 4.14. The zero-order valence-corrected chi connectivity index (χ0v) is 31.3. The van der Waals surface area contributed by atoms with Gasteiger partial charge in [0.1, 0.15) is 24.7 Å². The summed E-state index contributed by atoms with van der Waals surface area (Å²) >= 11 is 0. The Morgan fingerprint density at radius 3 is 2.02 bits per heavy atom. The molecule has 288 valence electrons. The Morgan fingerprint density at radius 2 is 1.45 bits per heavy atom. The first-order valence-corrected chi connectivity index (χ1v) is 19.6. The number of nitrogens with zero attached hydrogens (tertiary/aromatic N) is 1. The van der Waals surface area contributed by atoms with Gasteiger partial charge >= 0.3 is 12.0 Å². The normalized spacial score (nSPS) is 22.8. The Kier molecular flexibility index (Phi) is 13.6. The molecule has 53 heavy (non-hydrogen) atoms. The summed E-state index contributed by atoms with van der Waals surface area (Å²) in [4.78, 5) is 82.4. The van der Waals surface area contributed by atoms with E-state index < -0.39 is 65.1 Å². The van der Waals surface area contributed by atoms with Gasteiger partial charge in [-0.25, -0.2) is 9.59 Å². The fourth-order valence-corrected chi connectivity index (χ4v) is 8.33. The lowest BCUT2D eigenvalue weighted by atomic mass is 9.78. The number of carbonyl (C=O) groups is 6. The molecule has 0 spiro atoms. The van der Waals surface area contributed by atoms with Crippen LogP contribution in [-0.2, 0) is 35.3 Å². The molecule has 12 nitrogen and oxygen atoms in total. The van der Waals surface area contributed by atoms with Crippen molar-refractivity contribution in [3.05, 3.63) is 35.9 Å². The molecular formula is C41H57N5O7. The van der Waals surface area contributed by atoms with Gasteiger partial charge in [-0.05, 0) is 81.6 Å². The van der Waals surface area contributed by atoms with Crippen molar-refractivity contribution in [2.45, 2.75) is 135 Å². The van der Waals surface area contributed by atoms with Crippen LogP contribution in [0.2, 0.25) is 0 Å². The van der Waals surface area contributed by atoms with Crippen LogP contribution < -0.4 is 21.7 Å². The molecule has 12 heteroatoms. The fourth-order valence-electron chi connectivity index (χ4n) is 8.33. The third kappa shape index (κ3) is 10.6. The highest BCUT2D eigenvalue weighted by molar-refractivity contribution is 6.37. The van der Waals surface area contributed by atoms with Gasteiger partial charge < -0.3 is 31.3 Å². The number of ketones is 1. The molecule has 0 radical (unpaired) electrons. The van der Waals surface area contributed by atoms with Crippen LogP contribution in [-0.4, -0.2) is 71.1 Å². The zero-order chi connectivity index (χ0) is 38.1. The standard InChI is InChI=1S/C41H57N5O7/c1-4-41(2,3)30-23-32(37(49)43-31(22-26-20-21-26)35(47)36(42)48)46(24-30)38(50)33(28-16-10-6-11-17-28)44-40(52)45-34(29-18-12-7-13-19-29)39(51)53-25-27-14-8-5-9-15-27/h1,5,8-9,14-15,26,28-34H,6-7,10-13,16-25H2,2-3H3,(H2,42,48)(H,43,49)(H2,44,45,52)/t30-,31?,32+,33+,34+/m1/s1. The van der Waals surface area contributed by atoms with Crippen molar-refractivity contribution < 1.29 is 33.5 Å². The summed E-state index contributed by atoms with van der Waals surface area (Å²) in [5.41, 5.74) is 5.52. The van der Waals surface area contributed by atoms with Gasteiger partial charge in [-0.15, -0.1) is 12.3 Å². The van der Waals surface area contributed by atoms with E-state index in [1.54, 1.807) is 0 Å². The average Bonchev–Trinajstić information content (AvgIpc) is 3.87. The van der Waals surface area contributed by atoms with E-state index in [1.807, 2.05) is 44.2 Å². The predicted molar refractivity (Wildman–Crippen MR) is 198 cm³/mol. The monoisotopic (exact) mass is 731 g/mol. The summed E-state index contributed by atoms with van der Waals surface area (Å²) in [6, 6.07) is 4.79. The zero-order valence-electron chi connectivity index (χ0n) is 31.3. The van der Waals surface area contributed by atoms with E-state index in [2.05, 4.69) is 21.9 Å². The molecule has 4 aliphatic rings. The number of likely N-dealkylation sites (tertiary alicyclic amines) is 1. The number of terminal acetylenes is 1. The molecule has 1 aromatic rings. The van der Waals surface area contributed by atoms with E-state index in [0.29, 0.717) is 19.3 Å². The van der Waals surface area contributed by atoms with Crippen molar-refractivity contribution >= 4 is 35.5 Å². The minimum atomic E-state index is -1.12. The van der Waals surface area contributed by atoms with Crippen LogP contribution >= 0.6 is 0 Å². The smallest absolute Gasteiger partial charge is 0.329 e. The fraction of sp³-hybridized carbons (Fsp3) is 0.659. The molecule has 1 heterocycles. The lowest BCUT2D eigenvalue weighted by Gasteiger charge is -2.36. The van der Waals surface area contributed by atoms with E-state index >= 15 is 0 Å². The summed E-state index contributed by atoms with van der Waals surface area (Å²) in [6.07, 6.45) is 17.0. The molecule has 0 aromatic heterocycles. The lowest BCUT2D eigenvalue weighted by molar-refractivity contribution is -0.149. The van der Waals surface area contributed by atoms with Crippen LogP contribution in [0.25, 0.3) is 0 Å². The second-order valence-corrected chi connectivity index (χ2v) is 16.2. The van der Waals surface area contributed by atoms with Crippen LogP contribution in [0, 0.1) is 41.4 Å². The van der Waals surface area contributed by atoms with Crippen molar-refractivity contribution in [2.24, 2.45) is 34.8 Å². The number of rotatable bonds is 15. The highest BCUT2D eigenvalue weighted by Crippen LogP contribution is 2.39. The number of esters is 1. The van der Waals surface area contributed by atoms with Gasteiger partial charge in [-0.1, -0.05) is 81.7 Å². The van der Waals surface area contributed by atoms with Gasteiger partial charge in [0.05, 0.1) is 6.04 Å². The minimum Gasteiger partial charge on any atom is -0.459 e. The number of urea groups is 1. The molecule has 5 amide bonds. The number of benzene rings is 1. The summed E-state index contributed by atoms with van der Waals surface area (Å²) in [5.74, 6) is -0.998. The summed E-state index contributed by atoms with van der Waals surface area (Å²) in [5, 5.41) is 8.62. The molecule has 1 unspecified atom stereocenters. The van der Waals surface area contributed by atoms with E-state index in [9.17, 15) is 28.8 Å². The van der Waals surface area contributed by atoms with Crippen molar-refractivity contribution in [3.8, 4) is 12.3 Å². The molecule has 5 rings (SSSR count). The summed E-state index contributed by atoms with van der Waals surface area (Å²) in [7, 11) is 0. The molecule has 3 aliphatic carbocycles. The van der Waals surface area contributed by atoms with Gasteiger partial charge in [0.15, 0.2) is 0 Å². The topological polar surface area (TPSA) is 177 Å². The SMILES string of the molecule is C#CC(C)(C)[C@@H]1C[C@@H](C(=O)NC(CC2CC2)C(=O)C(N)=O)N(C(=O)[C@@H](NC(=O)N[C@H](C(=O)OCc2ccccc2)C2CCCCC2)C2CCCCC2)C1. The van der Waals surface area contributed by atoms with E-state index in [1.165, 1.54) is 4.90 Å². The van der Waals surface area contributed by atoms with Gasteiger partial charge in [-0.2, -0.15) is 0 Å². The summed E-state index contributed by atoms with van der Waals surface area (Å²) < 4.78 is 5.71. The van der Waals surface area contributed by atoms with Crippen LogP contribution in [0.5, 0.6) is 0 Å². The number of carbonyl (C=O) groups excluding carboxylic acids is 6. The molecule has 1 aliphatic heterocycles. The van der Waals surface area contributed by atoms with E-state index in [0.717, 1.165) is 69.8 Å². The second-order valence-electron chi connectivity index (χ2n) is 16.2. The molecule has 5 atom stereocenters. The Balaban J connectivity index is 1.36. The molecule has 4 fully saturated rings. The Morgan fingerprint density at radius 1 is 0.868 bits per heavy atom. The first-order chi connectivity index (χ1) is 25.4. The number of amides is 5. The lowest BCUT2D eigenvalue weighted by Crippen LogP contribution is -2.60. The molecule has 1 aromatic carbocycles. The Labute approximate surface area is 313 Å². The van der Waals surface area contributed by atoms with Crippen LogP contribution in [0.1, 0.15) is 109 Å². The quantitative estimate of drug-likeness (QED) is 0.119. The Hall–Kier alpha value is -4.40. The minimum absolute atomic E-state index is 0.0789. The number of Topliss-reactive ketones (excluding diaryl/α,β-unsaturated/α-hetero) is 1. The molecule has 5 N–H and O–H groups in total. The number of primary amides is 1. The third-order valence-corrected chi connectivity index (χ3v) is 12.0. The van der Waals surface area contributed by atoms with Gasteiger partial charge in [0.2, 0.25) is 17.6 Å². The number of nitrogens with two attached hydrogens (primary N) is 1. The molecule has 3 saturated carbocycles. The van der Waals surface area contributed by atoms with Gasteiger partial charge in [0, 0.05) is 12.0 Å². The first kappa shape index (κ1) is 39.8. The molecule has 1 saturated heterocycles. The number of hydrogen-bond acceptors (Lipinski definition) is 7. The van der Waals surface area contributed by atoms with Crippen molar-refractivity contribution in [1.29, 1.82) is 0 Å². The Bertz CT molecular complexity index is 1520. The van der Waals surface area contributed by atoms with Crippen LogP contribution in [0.3, 0.4) is 0 Å². The highest BCUT2D eigenvalue weighted by atomic mass is 16.5. The maximum Gasteiger partial charge on any atom is 0.329 e. The maximum absolute atomic E-state index is 14.8. The van der Waals surface area contributed by atoms with Crippen molar-refractivity contribution in [3.63, 3.8) is 0 Å². The van der Waals surface area contributed by atoms with Gasteiger partial charge in [-0.3, -0.25) is 19.2 Å². The second kappa shape index (κ2) is 18.1. The van der Waals surface area contributed by atoms with Gasteiger partial charge in [0.25, 0.3) is 5.91 Å². The molecular weight excluding hydrogens is 674 g/mol. The highest BCUT2D eigenvalue weighted by Gasteiger charge is 2.48.